The molecule has 2 unspecified atom stereocenters. The van der Waals surface area contributed by atoms with Gasteiger partial charge in [0.2, 0.25) is 11.8 Å². The number of rotatable bonds is 12. The van der Waals surface area contributed by atoms with Crippen LogP contribution in [-0.4, -0.2) is 41.6 Å². The van der Waals surface area contributed by atoms with Crippen molar-refractivity contribution >= 4 is 11.8 Å². The summed E-state index contributed by atoms with van der Waals surface area (Å²) in [5.74, 6) is -0.0632. The Kier molecular flexibility index (Phi) is 9.11. The van der Waals surface area contributed by atoms with E-state index < -0.39 is 11.8 Å². The summed E-state index contributed by atoms with van der Waals surface area (Å²) in [5, 5.41) is 6.38. The van der Waals surface area contributed by atoms with E-state index in [9.17, 15) is 9.59 Å². The minimum atomic E-state index is -0.517. The minimum absolute atomic E-state index is 0.00612. The van der Waals surface area contributed by atoms with Crippen LogP contribution < -0.4 is 16.4 Å². The summed E-state index contributed by atoms with van der Waals surface area (Å²) in [6, 6.07) is 9.75. The number of benzene rings is 1. The fraction of sp³-hybridized carbons (Fsp3) is 0.652. The molecule has 1 aliphatic heterocycles. The number of nitrogens with one attached hydrogen (secondary N) is 2. The molecule has 0 bridgehead atoms. The van der Waals surface area contributed by atoms with Crippen LogP contribution in [0, 0.1) is 0 Å². The summed E-state index contributed by atoms with van der Waals surface area (Å²) in [5.41, 5.74) is 6.75. The molecule has 2 rings (SSSR count). The van der Waals surface area contributed by atoms with Gasteiger partial charge in [0.05, 0.1) is 5.92 Å². The molecule has 1 aliphatic rings. The minimum Gasteiger partial charge on any atom is -0.356 e. The Morgan fingerprint density at radius 1 is 1.17 bits per heavy atom. The van der Waals surface area contributed by atoms with E-state index in [2.05, 4.69) is 24.5 Å². The third-order valence-corrected chi connectivity index (χ3v) is 5.91. The van der Waals surface area contributed by atoms with Gasteiger partial charge in [-0.2, -0.15) is 0 Å². The first kappa shape index (κ1) is 23.4. The first-order valence-electron chi connectivity index (χ1n) is 11.1. The van der Waals surface area contributed by atoms with E-state index in [-0.39, 0.29) is 17.7 Å². The van der Waals surface area contributed by atoms with Crippen molar-refractivity contribution in [2.75, 3.05) is 13.1 Å². The van der Waals surface area contributed by atoms with E-state index in [0.717, 1.165) is 44.1 Å². The number of hydrogen-bond donors (Lipinski definition) is 3. The maximum Gasteiger partial charge on any atom is 0.245 e. The SMILES string of the molecule is CCCCC1(CCCC)NC(N)N(CCCNC(=O)C(C)c2ccccc2)C1=O. The number of unbranched alkanes of at least 4 members (excludes halogenated alkanes) is 2. The van der Waals surface area contributed by atoms with E-state index in [0.29, 0.717) is 19.5 Å². The second-order valence-corrected chi connectivity index (χ2v) is 8.15. The molecule has 6 nitrogen and oxygen atoms in total. The molecule has 6 heteroatoms. The summed E-state index contributed by atoms with van der Waals surface area (Å²) in [6.07, 6.45) is 6.04. The molecule has 162 valence electrons. The average Bonchev–Trinajstić information content (AvgIpc) is 2.97. The highest BCUT2D eigenvalue weighted by Gasteiger charge is 2.48. The molecule has 2 amide bonds. The van der Waals surface area contributed by atoms with Gasteiger partial charge < -0.3 is 10.2 Å². The van der Waals surface area contributed by atoms with Crippen molar-refractivity contribution in [3.05, 3.63) is 35.9 Å². The molecule has 2 atom stereocenters. The van der Waals surface area contributed by atoms with Gasteiger partial charge in [0.25, 0.3) is 0 Å². The monoisotopic (exact) mass is 402 g/mol. The summed E-state index contributed by atoms with van der Waals surface area (Å²) in [4.78, 5) is 27.3. The van der Waals surface area contributed by atoms with Gasteiger partial charge in [-0.25, -0.2) is 0 Å². The van der Waals surface area contributed by atoms with Gasteiger partial charge in [-0.15, -0.1) is 0 Å². The topological polar surface area (TPSA) is 87.5 Å². The highest BCUT2D eigenvalue weighted by atomic mass is 16.2. The fourth-order valence-corrected chi connectivity index (χ4v) is 4.01. The van der Waals surface area contributed by atoms with E-state index in [4.69, 9.17) is 5.73 Å². The van der Waals surface area contributed by atoms with Crippen LogP contribution in [0.3, 0.4) is 0 Å². The lowest BCUT2D eigenvalue weighted by Gasteiger charge is -2.27. The smallest absolute Gasteiger partial charge is 0.245 e. The summed E-state index contributed by atoms with van der Waals surface area (Å²) < 4.78 is 0. The molecule has 0 aromatic heterocycles. The van der Waals surface area contributed by atoms with Crippen LogP contribution in [-0.2, 0) is 9.59 Å². The highest BCUT2D eigenvalue weighted by Crippen LogP contribution is 2.30. The standard InChI is InChI=1S/C23H38N4O2/c1-4-6-14-23(15-7-5-2)21(29)27(22(24)26-23)17-11-16-25-20(28)18(3)19-12-9-8-10-13-19/h8-10,12-13,18,22,26H,4-7,11,14-17,24H2,1-3H3,(H,25,28). The van der Waals surface area contributed by atoms with Crippen molar-refractivity contribution in [3.8, 4) is 0 Å². The lowest BCUT2D eigenvalue weighted by atomic mass is 9.87. The Morgan fingerprint density at radius 3 is 2.38 bits per heavy atom. The zero-order chi connectivity index (χ0) is 21.3. The predicted molar refractivity (Wildman–Crippen MR) is 117 cm³/mol. The average molecular weight is 403 g/mol. The van der Waals surface area contributed by atoms with E-state index in [1.807, 2.05) is 37.3 Å². The van der Waals surface area contributed by atoms with Crippen LogP contribution in [0.2, 0.25) is 0 Å². The molecule has 0 spiro atoms. The maximum atomic E-state index is 13.2. The van der Waals surface area contributed by atoms with Gasteiger partial charge in [-0.3, -0.25) is 20.6 Å². The molecule has 0 radical (unpaired) electrons. The quantitative estimate of drug-likeness (QED) is 0.469. The van der Waals surface area contributed by atoms with Gasteiger partial charge in [0, 0.05) is 13.1 Å². The molecule has 1 heterocycles. The van der Waals surface area contributed by atoms with Crippen molar-refractivity contribution in [3.63, 3.8) is 0 Å². The van der Waals surface area contributed by atoms with E-state index >= 15 is 0 Å². The highest BCUT2D eigenvalue weighted by molar-refractivity contribution is 5.88. The molecule has 1 aromatic rings. The van der Waals surface area contributed by atoms with Crippen molar-refractivity contribution in [1.82, 2.24) is 15.5 Å². The molecule has 1 fully saturated rings. The Labute approximate surface area is 175 Å². The number of hydrogen-bond acceptors (Lipinski definition) is 4. The number of carbonyl (C=O) groups excluding carboxylic acids is 2. The van der Waals surface area contributed by atoms with Crippen molar-refractivity contribution in [2.45, 2.75) is 83.5 Å². The normalized spacial score (nSPS) is 19.4. The van der Waals surface area contributed by atoms with Crippen molar-refractivity contribution < 1.29 is 9.59 Å². The second-order valence-electron chi connectivity index (χ2n) is 8.15. The van der Waals surface area contributed by atoms with Gasteiger partial charge >= 0.3 is 0 Å². The van der Waals surface area contributed by atoms with Gasteiger partial charge in [-0.05, 0) is 31.7 Å². The van der Waals surface area contributed by atoms with Gasteiger partial charge in [0.1, 0.15) is 11.8 Å². The third-order valence-electron chi connectivity index (χ3n) is 5.91. The van der Waals surface area contributed by atoms with Gasteiger partial charge in [-0.1, -0.05) is 69.9 Å². The van der Waals surface area contributed by atoms with Crippen LogP contribution in [0.15, 0.2) is 30.3 Å². The molecule has 1 aromatic carbocycles. The van der Waals surface area contributed by atoms with Crippen molar-refractivity contribution in [1.29, 1.82) is 0 Å². The Morgan fingerprint density at radius 2 is 1.79 bits per heavy atom. The summed E-state index contributed by atoms with van der Waals surface area (Å²) >= 11 is 0. The van der Waals surface area contributed by atoms with Crippen molar-refractivity contribution in [2.24, 2.45) is 5.73 Å². The molecular weight excluding hydrogens is 364 g/mol. The first-order valence-corrected chi connectivity index (χ1v) is 11.1. The molecule has 1 saturated heterocycles. The Balaban J connectivity index is 1.85. The van der Waals surface area contributed by atoms with Gasteiger partial charge in [0.15, 0.2) is 0 Å². The third kappa shape index (κ3) is 6.03. The Hall–Kier alpha value is -1.92. The number of nitrogens with zero attached hydrogens (tertiary/aromatic N) is 1. The van der Waals surface area contributed by atoms with Crippen LogP contribution in [0.4, 0.5) is 0 Å². The predicted octanol–water partition coefficient (Wildman–Crippen LogP) is 3.09. The summed E-state index contributed by atoms with van der Waals surface area (Å²) in [7, 11) is 0. The number of amides is 2. The van der Waals surface area contributed by atoms with Crippen LogP contribution in [0.1, 0.15) is 77.2 Å². The molecule has 0 aliphatic carbocycles. The fourth-order valence-electron chi connectivity index (χ4n) is 4.01. The largest absolute Gasteiger partial charge is 0.356 e. The van der Waals surface area contributed by atoms with E-state index in [1.54, 1.807) is 4.90 Å². The summed E-state index contributed by atoms with van der Waals surface area (Å²) in [6.45, 7) is 7.27. The number of nitrogens with two attached hydrogens (primary N) is 1. The first-order chi connectivity index (χ1) is 13.9. The zero-order valence-corrected chi connectivity index (χ0v) is 18.2. The number of carbonyl (C=O) groups is 2. The van der Waals surface area contributed by atoms with Crippen LogP contribution in [0.5, 0.6) is 0 Å². The zero-order valence-electron chi connectivity index (χ0n) is 18.2. The van der Waals surface area contributed by atoms with Crippen LogP contribution >= 0.6 is 0 Å². The lowest BCUT2D eigenvalue weighted by molar-refractivity contribution is -0.133. The second kappa shape index (κ2) is 11.3. The van der Waals surface area contributed by atoms with Crippen LogP contribution in [0.25, 0.3) is 0 Å². The molecule has 4 N–H and O–H groups in total. The molecule has 29 heavy (non-hydrogen) atoms. The molecular formula is C23H38N4O2. The maximum absolute atomic E-state index is 13.2. The molecule has 0 saturated carbocycles. The lowest BCUT2D eigenvalue weighted by Crippen LogP contribution is -2.49. The Bertz CT molecular complexity index is 642. The van der Waals surface area contributed by atoms with E-state index in [1.165, 1.54) is 0 Å².